The summed E-state index contributed by atoms with van der Waals surface area (Å²) < 4.78 is 0. The molecule has 0 aromatic rings. The van der Waals surface area contributed by atoms with Crippen LogP contribution < -0.4 is 0 Å². The van der Waals surface area contributed by atoms with E-state index in [1.54, 1.807) is 0 Å². The van der Waals surface area contributed by atoms with Gasteiger partial charge in [-0.25, -0.2) is 0 Å². The Balaban J connectivity index is 4.89. The predicted molar refractivity (Wildman–Crippen MR) is 177 cm³/mol. The molecular weight excluding hydrogens is 456 g/mol. The number of hydrogen-bond acceptors (Lipinski definition) is 0. The third-order valence-corrected chi connectivity index (χ3v) is 9.52. The molecule has 0 aliphatic heterocycles. The van der Waals surface area contributed by atoms with Crippen LogP contribution in [0.4, 0.5) is 0 Å². The van der Waals surface area contributed by atoms with Crippen LogP contribution in [0.2, 0.25) is 0 Å². The summed E-state index contributed by atoms with van der Waals surface area (Å²) in [5.41, 5.74) is 0.531. The molecule has 0 nitrogen and oxygen atoms in total. The van der Waals surface area contributed by atoms with Crippen LogP contribution in [0.5, 0.6) is 0 Å². The highest BCUT2D eigenvalue weighted by atomic mass is 14.4. The Hall–Kier alpha value is -0.260. The van der Waals surface area contributed by atoms with Crippen molar-refractivity contribution >= 4 is 0 Å². The molecular formula is C38H76. The van der Waals surface area contributed by atoms with E-state index in [-0.39, 0.29) is 0 Å². The number of unbranched alkanes of at least 4 members (excludes halogenated alkanes) is 22. The lowest BCUT2D eigenvalue weighted by atomic mass is 9.64. The average molecular weight is 533 g/mol. The first-order valence-corrected chi connectivity index (χ1v) is 18.3. The monoisotopic (exact) mass is 533 g/mol. The molecule has 0 saturated heterocycles. The molecule has 0 N–H and O–H groups in total. The highest BCUT2D eigenvalue weighted by Gasteiger charge is 2.35. The van der Waals surface area contributed by atoms with Crippen LogP contribution in [0.1, 0.15) is 220 Å². The van der Waals surface area contributed by atoms with E-state index in [0.29, 0.717) is 5.41 Å². The fourth-order valence-electron chi connectivity index (χ4n) is 6.85. The molecule has 1 atom stereocenters. The van der Waals surface area contributed by atoms with Gasteiger partial charge in [-0.15, -0.1) is 6.58 Å². The molecule has 0 amide bonds. The van der Waals surface area contributed by atoms with Gasteiger partial charge in [0.15, 0.2) is 0 Å². The maximum Gasteiger partial charge on any atom is -0.0180 e. The molecule has 38 heavy (non-hydrogen) atoms. The Morgan fingerprint density at radius 2 is 0.684 bits per heavy atom. The summed E-state index contributed by atoms with van der Waals surface area (Å²) in [7, 11) is 0. The lowest BCUT2D eigenvalue weighted by molar-refractivity contribution is 0.122. The minimum Gasteiger partial charge on any atom is -0.103 e. The van der Waals surface area contributed by atoms with E-state index in [1.807, 2.05) is 0 Å². The van der Waals surface area contributed by atoms with E-state index in [0.717, 1.165) is 5.92 Å². The third-order valence-electron chi connectivity index (χ3n) is 9.52. The summed E-state index contributed by atoms with van der Waals surface area (Å²) in [4.78, 5) is 0. The van der Waals surface area contributed by atoms with Gasteiger partial charge in [0.05, 0.1) is 0 Å². The van der Waals surface area contributed by atoms with Crippen molar-refractivity contribution in [3.8, 4) is 0 Å². The zero-order valence-electron chi connectivity index (χ0n) is 27.6. The van der Waals surface area contributed by atoms with Crippen molar-refractivity contribution in [2.45, 2.75) is 220 Å². The molecule has 1 unspecified atom stereocenters. The van der Waals surface area contributed by atoms with Crippen molar-refractivity contribution in [3.05, 3.63) is 12.7 Å². The fourth-order valence-corrected chi connectivity index (χ4v) is 6.85. The molecule has 0 heterocycles. The number of allylic oxidation sites excluding steroid dienone is 1. The van der Waals surface area contributed by atoms with E-state index in [9.17, 15) is 0 Å². The van der Waals surface area contributed by atoms with Gasteiger partial charge in [-0.1, -0.05) is 201 Å². The van der Waals surface area contributed by atoms with Gasteiger partial charge in [-0.2, -0.15) is 0 Å². The Morgan fingerprint density at radius 3 is 1.03 bits per heavy atom. The molecule has 0 bridgehead atoms. The van der Waals surface area contributed by atoms with Gasteiger partial charge in [0, 0.05) is 0 Å². The molecule has 0 aliphatic carbocycles. The zero-order valence-corrected chi connectivity index (χ0v) is 27.6. The fraction of sp³-hybridized carbons (Fsp3) is 0.947. The molecule has 0 heteroatoms. The first-order valence-electron chi connectivity index (χ1n) is 18.3. The minimum atomic E-state index is 0.531. The Labute approximate surface area is 244 Å². The van der Waals surface area contributed by atoms with Gasteiger partial charge in [-0.3, -0.25) is 0 Å². The highest BCUT2D eigenvalue weighted by Crippen LogP contribution is 2.46. The lowest BCUT2D eigenvalue weighted by Gasteiger charge is -2.41. The van der Waals surface area contributed by atoms with E-state index >= 15 is 0 Å². The molecule has 0 fully saturated rings. The van der Waals surface area contributed by atoms with Gasteiger partial charge in [-0.05, 0) is 37.0 Å². The largest absolute Gasteiger partial charge is 0.103 e. The molecule has 0 rings (SSSR count). The van der Waals surface area contributed by atoms with Gasteiger partial charge in [0.2, 0.25) is 0 Å². The van der Waals surface area contributed by atoms with Crippen LogP contribution in [0.15, 0.2) is 12.7 Å². The van der Waals surface area contributed by atoms with Gasteiger partial charge < -0.3 is 0 Å². The van der Waals surface area contributed by atoms with Crippen molar-refractivity contribution in [3.63, 3.8) is 0 Å². The van der Waals surface area contributed by atoms with E-state index in [2.05, 4.69) is 40.3 Å². The molecule has 0 aliphatic rings. The summed E-state index contributed by atoms with van der Waals surface area (Å²) in [6.45, 7) is 13.8. The van der Waals surface area contributed by atoms with E-state index < -0.39 is 0 Å². The predicted octanol–water partition coefficient (Wildman–Crippen LogP) is 14.6. The summed E-state index contributed by atoms with van der Waals surface area (Å²) >= 11 is 0. The average Bonchev–Trinajstić information content (AvgIpc) is 2.93. The van der Waals surface area contributed by atoms with Crippen molar-refractivity contribution in [2.24, 2.45) is 11.3 Å². The summed E-state index contributed by atoms with van der Waals surface area (Å²) in [5, 5.41) is 0. The number of hydrogen-bond donors (Lipinski definition) is 0. The quantitative estimate of drug-likeness (QED) is 0.0596. The van der Waals surface area contributed by atoms with E-state index in [1.165, 1.54) is 193 Å². The summed E-state index contributed by atoms with van der Waals surface area (Å²) in [5.74, 6) is 0.739. The highest BCUT2D eigenvalue weighted by molar-refractivity contribution is 4.95. The summed E-state index contributed by atoms with van der Waals surface area (Å²) in [6, 6.07) is 0. The number of rotatable bonds is 32. The standard InChI is InChI=1S/C38H76/c1-6-11-15-18-21-24-27-30-33-37(10-5)38(34-14-9-4,35-31-28-25-22-19-16-12-7-2)36-32-29-26-23-20-17-13-8-3/h10,37H,5-9,11-36H2,1-4H3. The van der Waals surface area contributed by atoms with Crippen LogP contribution in [-0.4, -0.2) is 0 Å². The second-order valence-corrected chi connectivity index (χ2v) is 13.0. The van der Waals surface area contributed by atoms with Crippen LogP contribution in [0.25, 0.3) is 0 Å². The Morgan fingerprint density at radius 1 is 0.395 bits per heavy atom. The second kappa shape index (κ2) is 29.7. The lowest BCUT2D eigenvalue weighted by Crippen LogP contribution is -2.30. The Kier molecular flexibility index (Phi) is 29.5. The van der Waals surface area contributed by atoms with Crippen LogP contribution >= 0.6 is 0 Å². The molecule has 0 aromatic heterocycles. The normalized spacial score (nSPS) is 12.7. The van der Waals surface area contributed by atoms with E-state index in [4.69, 9.17) is 0 Å². The molecule has 0 spiro atoms. The van der Waals surface area contributed by atoms with Crippen molar-refractivity contribution < 1.29 is 0 Å². The molecule has 0 aromatic carbocycles. The van der Waals surface area contributed by atoms with Gasteiger partial charge in [0.25, 0.3) is 0 Å². The van der Waals surface area contributed by atoms with Crippen LogP contribution in [0, 0.1) is 11.3 Å². The molecule has 0 radical (unpaired) electrons. The Bertz CT molecular complexity index is 429. The maximum atomic E-state index is 4.46. The van der Waals surface area contributed by atoms with Crippen molar-refractivity contribution in [1.82, 2.24) is 0 Å². The zero-order chi connectivity index (χ0) is 28.0. The third kappa shape index (κ3) is 21.5. The van der Waals surface area contributed by atoms with Crippen LogP contribution in [0.3, 0.4) is 0 Å². The second-order valence-electron chi connectivity index (χ2n) is 13.0. The first-order chi connectivity index (χ1) is 18.7. The first kappa shape index (κ1) is 37.7. The minimum absolute atomic E-state index is 0.531. The maximum absolute atomic E-state index is 4.46. The molecule has 228 valence electrons. The van der Waals surface area contributed by atoms with Crippen molar-refractivity contribution in [1.29, 1.82) is 0 Å². The summed E-state index contributed by atoms with van der Waals surface area (Å²) in [6.07, 6.45) is 45.5. The molecule has 0 saturated carbocycles. The van der Waals surface area contributed by atoms with Crippen molar-refractivity contribution in [2.75, 3.05) is 0 Å². The van der Waals surface area contributed by atoms with Gasteiger partial charge in [0.1, 0.15) is 0 Å². The smallest absolute Gasteiger partial charge is 0.0180 e. The SMILES string of the molecule is C=CC(CCCCCCCCCC)C(CCCC)(CCCCCCCCCC)CCCCCCCCCC. The topological polar surface area (TPSA) is 0 Å². The van der Waals surface area contributed by atoms with Gasteiger partial charge >= 0.3 is 0 Å². The van der Waals surface area contributed by atoms with Crippen LogP contribution in [-0.2, 0) is 0 Å².